The van der Waals surface area contributed by atoms with Crippen molar-refractivity contribution in [3.05, 3.63) is 95.1 Å². The Balaban J connectivity index is 1.91. The van der Waals surface area contributed by atoms with Crippen LogP contribution in [0.1, 0.15) is 30.5 Å². The first-order valence-electron chi connectivity index (χ1n) is 11.3. The van der Waals surface area contributed by atoms with E-state index in [0.717, 1.165) is 28.2 Å². The van der Waals surface area contributed by atoms with E-state index in [1.54, 1.807) is 32.4 Å². The number of nitrogens with one attached hydrogen (secondary N) is 1. The van der Waals surface area contributed by atoms with Gasteiger partial charge in [0.25, 0.3) is 0 Å². The van der Waals surface area contributed by atoms with E-state index in [2.05, 4.69) is 11.4 Å². The van der Waals surface area contributed by atoms with Gasteiger partial charge in [-0.1, -0.05) is 35.9 Å². The molecule has 0 aliphatic rings. The molecule has 0 atom stereocenters. The summed E-state index contributed by atoms with van der Waals surface area (Å²) in [6, 6.07) is 18.6. The van der Waals surface area contributed by atoms with E-state index in [9.17, 15) is 4.79 Å². The van der Waals surface area contributed by atoms with Crippen molar-refractivity contribution in [2.45, 2.75) is 26.9 Å². The Bertz CT molecular complexity index is 1210. The molecule has 3 aromatic rings. The van der Waals surface area contributed by atoms with Gasteiger partial charge in [-0.3, -0.25) is 4.79 Å². The lowest BCUT2D eigenvalue weighted by molar-refractivity contribution is -0.111. The zero-order chi connectivity index (χ0) is 25.2. The molecule has 0 aliphatic carbocycles. The fraction of sp³-hybridized carbons (Fsp3) is 0.207. The number of hydrogen-bond acceptors (Lipinski definition) is 5. The number of carbonyl (C=O) groups excluding carboxylic acids is 1. The minimum Gasteiger partial charge on any atom is -0.497 e. The quantitative estimate of drug-likeness (QED) is 0.214. The number of rotatable bonds is 10. The number of allylic oxidation sites excluding steroid dienone is 2. The van der Waals surface area contributed by atoms with Crippen LogP contribution in [0.15, 0.2) is 78.4 Å². The molecule has 0 saturated heterocycles. The molecule has 0 aliphatic heterocycles. The number of ether oxygens (including phenoxy) is 3. The number of nitrogens with two attached hydrogens (primary N) is 1. The van der Waals surface area contributed by atoms with E-state index in [4.69, 9.17) is 19.9 Å². The maximum Gasteiger partial charge on any atom is 0.248 e. The van der Waals surface area contributed by atoms with Gasteiger partial charge in [-0.05, 0) is 68.3 Å². The van der Waals surface area contributed by atoms with Crippen LogP contribution in [0.5, 0.6) is 17.2 Å². The summed E-state index contributed by atoms with van der Waals surface area (Å²) in [4.78, 5) is 12.6. The van der Waals surface area contributed by atoms with E-state index in [-0.39, 0.29) is 5.91 Å². The predicted molar refractivity (Wildman–Crippen MR) is 142 cm³/mol. The minimum absolute atomic E-state index is 0.286. The van der Waals surface area contributed by atoms with Crippen LogP contribution in [0.3, 0.4) is 0 Å². The highest BCUT2D eigenvalue weighted by Gasteiger charge is 2.15. The molecule has 0 saturated carbocycles. The van der Waals surface area contributed by atoms with E-state index in [1.807, 2.05) is 62.4 Å². The van der Waals surface area contributed by atoms with Crippen molar-refractivity contribution in [3.8, 4) is 17.2 Å². The third-order valence-electron chi connectivity index (χ3n) is 5.36. The summed E-state index contributed by atoms with van der Waals surface area (Å²) in [5.41, 5.74) is 10.9. The van der Waals surface area contributed by atoms with Crippen molar-refractivity contribution in [2.24, 2.45) is 0 Å². The molecule has 182 valence electrons. The monoisotopic (exact) mass is 472 g/mol. The van der Waals surface area contributed by atoms with Gasteiger partial charge in [0.15, 0.2) is 0 Å². The Morgan fingerprint density at radius 1 is 0.971 bits per heavy atom. The molecule has 6 heteroatoms. The van der Waals surface area contributed by atoms with Crippen LogP contribution >= 0.6 is 0 Å². The summed E-state index contributed by atoms with van der Waals surface area (Å²) in [7, 11) is 3.28. The number of para-hydroxylation sites is 2. The highest BCUT2D eigenvalue weighted by Crippen LogP contribution is 2.35. The van der Waals surface area contributed by atoms with Crippen molar-refractivity contribution in [1.82, 2.24) is 0 Å². The first-order chi connectivity index (χ1) is 16.9. The molecule has 0 aromatic heterocycles. The molecule has 3 rings (SSSR count). The number of benzene rings is 3. The van der Waals surface area contributed by atoms with Gasteiger partial charge in [0.1, 0.15) is 23.9 Å². The topological polar surface area (TPSA) is 82.8 Å². The van der Waals surface area contributed by atoms with Crippen LogP contribution in [0.2, 0.25) is 0 Å². The van der Waals surface area contributed by atoms with Crippen LogP contribution < -0.4 is 25.3 Å². The third kappa shape index (κ3) is 7.14. The molecule has 0 heterocycles. The number of methoxy groups -OCH3 is 2. The maximum atomic E-state index is 12.6. The van der Waals surface area contributed by atoms with Gasteiger partial charge in [0.2, 0.25) is 5.91 Å². The Labute approximate surface area is 207 Å². The van der Waals surface area contributed by atoms with E-state index in [0.29, 0.717) is 30.2 Å². The molecule has 0 fully saturated rings. The van der Waals surface area contributed by atoms with E-state index >= 15 is 0 Å². The van der Waals surface area contributed by atoms with Gasteiger partial charge in [0.05, 0.1) is 25.6 Å². The average Bonchev–Trinajstić information content (AvgIpc) is 2.86. The number of carbonyl (C=O) groups is 1. The van der Waals surface area contributed by atoms with Gasteiger partial charge in [-0.15, -0.1) is 0 Å². The average molecular weight is 473 g/mol. The number of anilines is 2. The van der Waals surface area contributed by atoms with Gasteiger partial charge in [-0.2, -0.15) is 0 Å². The van der Waals surface area contributed by atoms with Gasteiger partial charge < -0.3 is 25.3 Å². The number of hydrogen-bond donors (Lipinski definition) is 2. The molecule has 6 nitrogen and oxygen atoms in total. The smallest absolute Gasteiger partial charge is 0.248 e. The molecular weight excluding hydrogens is 440 g/mol. The predicted octanol–water partition coefficient (Wildman–Crippen LogP) is 6.03. The lowest BCUT2D eigenvalue weighted by atomic mass is 10.0. The fourth-order valence-electron chi connectivity index (χ4n) is 3.45. The van der Waals surface area contributed by atoms with Crippen molar-refractivity contribution < 1.29 is 19.0 Å². The van der Waals surface area contributed by atoms with Crippen molar-refractivity contribution in [2.75, 3.05) is 25.3 Å². The van der Waals surface area contributed by atoms with Crippen molar-refractivity contribution >= 4 is 23.4 Å². The first-order valence-corrected chi connectivity index (χ1v) is 11.3. The summed E-state index contributed by atoms with van der Waals surface area (Å²) in [6.45, 7) is 4.45. The van der Waals surface area contributed by atoms with Crippen LogP contribution in [0, 0.1) is 0 Å². The van der Waals surface area contributed by atoms with Crippen LogP contribution in [0.25, 0.3) is 6.08 Å². The molecule has 35 heavy (non-hydrogen) atoms. The summed E-state index contributed by atoms with van der Waals surface area (Å²) >= 11 is 0. The molecule has 0 unspecified atom stereocenters. The lowest BCUT2D eigenvalue weighted by Gasteiger charge is -2.17. The second kappa shape index (κ2) is 12.3. The molecular formula is C29H32N2O4. The molecule has 0 bridgehead atoms. The molecule has 1 amide bonds. The van der Waals surface area contributed by atoms with E-state index < -0.39 is 0 Å². The summed E-state index contributed by atoms with van der Waals surface area (Å²) in [5.74, 6) is 1.89. The summed E-state index contributed by atoms with van der Waals surface area (Å²) in [5, 5.41) is 2.81. The minimum atomic E-state index is -0.286. The number of nitrogen functional groups attached to an aromatic ring is 1. The second-order valence-corrected chi connectivity index (χ2v) is 8.20. The second-order valence-electron chi connectivity index (χ2n) is 8.20. The van der Waals surface area contributed by atoms with Crippen molar-refractivity contribution in [1.29, 1.82) is 0 Å². The van der Waals surface area contributed by atoms with Crippen LogP contribution in [-0.4, -0.2) is 20.1 Å². The molecule has 0 radical (unpaired) electrons. The van der Waals surface area contributed by atoms with Gasteiger partial charge >= 0.3 is 0 Å². The SMILES string of the molecule is COc1ccc(COc2c(/C=C/C(=O)Nc3ccccc3N)ccc(OC)c2CC=C(C)C)cc1. The standard InChI is InChI=1S/C29H32N2O4/c1-20(2)9-16-24-27(34-4)17-12-22(13-18-28(32)31-26-8-6-5-7-25(26)30)29(24)35-19-21-10-14-23(33-3)15-11-21/h5-15,17-18H,16,19,30H2,1-4H3,(H,31,32)/b18-13+. The van der Waals surface area contributed by atoms with Crippen molar-refractivity contribution in [3.63, 3.8) is 0 Å². The molecule has 3 aromatic carbocycles. The molecule has 3 N–H and O–H groups in total. The largest absolute Gasteiger partial charge is 0.497 e. The Morgan fingerprint density at radius 3 is 2.37 bits per heavy atom. The Kier molecular flexibility index (Phi) is 8.95. The van der Waals surface area contributed by atoms with Gasteiger partial charge in [0, 0.05) is 17.2 Å². The normalized spacial score (nSPS) is 10.6. The highest BCUT2D eigenvalue weighted by molar-refractivity contribution is 6.03. The van der Waals surface area contributed by atoms with Crippen LogP contribution in [-0.2, 0) is 17.8 Å². The maximum absolute atomic E-state index is 12.6. The van der Waals surface area contributed by atoms with Crippen LogP contribution in [0.4, 0.5) is 11.4 Å². The van der Waals surface area contributed by atoms with E-state index in [1.165, 1.54) is 11.6 Å². The number of amides is 1. The zero-order valence-corrected chi connectivity index (χ0v) is 20.6. The zero-order valence-electron chi connectivity index (χ0n) is 20.6. The third-order valence-corrected chi connectivity index (χ3v) is 5.36. The molecule has 0 spiro atoms. The Hall–Kier alpha value is -4.19. The first kappa shape index (κ1) is 25.4. The fourth-order valence-corrected chi connectivity index (χ4v) is 3.45. The lowest BCUT2D eigenvalue weighted by Crippen LogP contribution is -2.09. The summed E-state index contributed by atoms with van der Waals surface area (Å²) in [6.07, 6.45) is 5.97. The highest BCUT2D eigenvalue weighted by atomic mass is 16.5. The van der Waals surface area contributed by atoms with Gasteiger partial charge in [-0.25, -0.2) is 0 Å². The summed E-state index contributed by atoms with van der Waals surface area (Å²) < 4.78 is 17.2. The Morgan fingerprint density at radius 2 is 1.71 bits per heavy atom.